The van der Waals surface area contributed by atoms with Crippen LogP contribution in [0, 0.1) is 10.5 Å². The molecule has 0 fully saturated rings. The molecule has 0 spiro atoms. The first-order valence-corrected chi connectivity index (χ1v) is 8.24. The van der Waals surface area contributed by atoms with Crippen LogP contribution in [0.5, 0.6) is 0 Å². The first-order chi connectivity index (χ1) is 9.45. The molecular formula is C14H13ClINO2S. The third kappa shape index (κ3) is 2.94. The number of thiophene rings is 1. The van der Waals surface area contributed by atoms with Gasteiger partial charge >= 0.3 is 5.97 Å². The van der Waals surface area contributed by atoms with Crippen molar-refractivity contribution in [2.24, 2.45) is 0 Å². The first-order valence-electron chi connectivity index (χ1n) is 5.97. The van der Waals surface area contributed by atoms with E-state index in [1.807, 2.05) is 25.1 Å². The van der Waals surface area contributed by atoms with Crippen molar-refractivity contribution >= 4 is 57.2 Å². The number of benzene rings is 1. The van der Waals surface area contributed by atoms with E-state index >= 15 is 0 Å². The summed E-state index contributed by atoms with van der Waals surface area (Å²) in [5.41, 5.74) is 8.34. The zero-order valence-electron chi connectivity index (χ0n) is 11.0. The number of carbonyl (C=O) groups is 1. The quantitative estimate of drug-likeness (QED) is 0.575. The van der Waals surface area contributed by atoms with Crippen LogP contribution < -0.4 is 5.73 Å². The molecule has 0 atom stereocenters. The number of anilines is 1. The highest BCUT2D eigenvalue weighted by atomic mass is 127. The number of halogens is 2. The highest BCUT2D eigenvalue weighted by Crippen LogP contribution is 2.39. The molecule has 0 aliphatic rings. The smallest absolute Gasteiger partial charge is 0.350 e. The Bertz CT molecular complexity index is 669. The molecule has 0 aliphatic heterocycles. The molecule has 2 aromatic rings. The van der Waals surface area contributed by atoms with Gasteiger partial charge in [-0.05, 0) is 59.7 Å². The molecule has 106 valence electrons. The Balaban J connectivity index is 2.50. The SMILES string of the molecule is CCOC(=O)c1sc(-c2ccc(I)c(Cl)c2)c(C)c1N. The molecular weight excluding hydrogens is 409 g/mol. The van der Waals surface area contributed by atoms with E-state index in [9.17, 15) is 4.79 Å². The maximum Gasteiger partial charge on any atom is 0.350 e. The summed E-state index contributed by atoms with van der Waals surface area (Å²) in [6, 6.07) is 5.80. The number of nitrogen functional groups attached to an aromatic ring is 1. The Labute approximate surface area is 140 Å². The van der Waals surface area contributed by atoms with Crippen LogP contribution in [-0.4, -0.2) is 12.6 Å². The Hall–Kier alpha value is -0.790. The fourth-order valence-corrected chi connectivity index (χ4v) is 3.42. The van der Waals surface area contributed by atoms with Gasteiger partial charge in [-0.25, -0.2) is 4.79 Å². The lowest BCUT2D eigenvalue weighted by molar-refractivity contribution is 0.0533. The maximum atomic E-state index is 11.9. The van der Waals surface area contributed by atoms with Crippen LogP contribution in [0.15, 0.2) is 18.2 Å². The van der Waals surface area contributed by atoms with Crippen molar-refractivity contribution in [3.63, 3.8) is 0 Å². The van der Waals surface area contributed by atoms with Gasteiger partial charge in [0.05, 0.1) is 17.3 Å². The highest BCUT2D eigenvalue weighted by Gasteiger charge is 2.20. The van der Waals surface area contributed by atoms with Crippen molar-refractivity contribution in [2.45, 2.75) is 13.8 Å². The van der Waals surface area contributed by atoms with Crippen LogP contribution in [0.25, 0.3) is 10.4 Å². The van der Waals surface area contributed by atoms with Gasteiger partial charge in [0.15, 0.2) is 0 Å². The predicted octanol–water partition coefficient (Wildman–Crippen LogP) is 4.74. The summed E-state index contributed by atoms with van der Waals surface area (Å²) in [6.07, 6.45) is 0. The number of esters is 1. The van der Waals surface area contributed by atoms with Gasteiger partial charge in [-0.2, -0.15) is 0 Å². The molecule has 20 heavy (non-hydrogen) atoms. The van der Waals surface area contributed by atoms with E-state index in [1.54, 1.807) is 6.92 Å². The van der Waals surface area contributed by atoms with Crippen molar-refractivity contribution < 1.29 is 9.53 Å². The molecule has 0 amide bonds. The molecule has 2 rings (SSSR count). The van der Waals surface area contributed by atoms with Crippen molar-refractivity contribution in [3.8, 4) is 10.4 Å². The molecule has 0 saturated heterocycles. The Morgan fingerprint density at radius 2 is 2.20 bits per heavy atom. The topological polar surface area (TPSA) is 52.3 Å². The van der Waals surface area contributed by atoms with Crippen LogP contribution in [0.1, 0.15) is 22.2 Å². The highest BCUT2D eigenvalue weighted by molar-refractivity contribution is 14.1. The minimum Gasteiger partial charge on any atom is -0.462 e. The number of ether oxygens (including phenoxy) is 1. The second-order valence-electron chi connectivity index (χ2n) is 4.15. The van der Waals surface area contributed by atoms with E-state index in [2.05, 4.69) is 22.6 Å². The molecule has 0 radical (unpaired) electrons. The summed E-state index contributed by atoms with van der Waals surface area (Å²) in [7, 11) is 0. The van der Waals surface area contributed by atoms with Gasteiger partial charge in [0.25, 0.3) is 0 Å². The summed E-state index contributed by atoms with van der Waals surface area (Å²) < 4.78 is 6.01. The average molecular weight is 422 g/mol. The molecule has 0 unspecified atom stereocenters. The lowest BCUT2D eigenvalue weighted by Gasteiger charge is -2.02. The molecule has 6 heteroatoms. The van der Waals surface area contributed by atoms with Gasteiger partial charge in [-0.1, -0.05) is 17.7 Å². The molecule has 0 bridgehead atoms. The summed E-state index contributed by atoms with van der Waals surface area (Å²) in [5.74, 6) is -0.374. The minimum absolute atomic E-state index is 0.333. The van der Waals surface area contributed by atoms with Crippen LogP contribution in [0.2, 0.25) is 5.02 Å². The molecule has 2 N–H and O–H groups in total. The van der Waals surface area contributed by atoms with E-state index in [0.717, 1.165) is 19.6 Å². The third-order valence-electron chi connectivity index (χ3n) is 2.84. The molecule has 0 saturated carbocycles. The van der Waals surface area contributed by atoms with Crippen LogP contribution in [-0.2, 0) is 4.74 Å². The average Bonchev–Trinajstić information content (AvgIpc) is 2.70. The van der Waals surface area contributed by atoms with E-state index in [1.165, 1.54) is 11.3 Å². The molecule has 0 aliphatic carbocycles. The zero-order valence-corrected chi connectivity index (χ0v) is 14.7. The third-order valence-corrected chi connectivity index (χ3v) is 5.74. The van der Waals surface area contributed by atoms with Gasteiger partial charge in [0, 0.05) is 8.45 Å². The number of nitrogens with two attached hydrogens (primary N) is 1. The predicted molar refractivity (Wildman–Crippen MR) is 92.6 cm³/mol. The zero-order chi connectivity index (χ0) is 14.9. The monoisotopic (exact) mass is 421 g/mol. The lowest BCUT2D eigenvalue weighted by atomic mass is 10.1. The van der Waals surface area contributed by atoms with Gasteiger partial charge in [0.2, 0.25) is 0 Å². The minimum atomic E-state index is -0.374. The van der Waals surface area contributed by atoms with Crippen molar-refractivity contribution in [1.29, 1.82) is 0 Å². The van der Waals surface area contributed by atoms with Gasteiger partial charge in [-0.15, -0.1) is 11.3 Å². The first kappa shape index (κ1) is 15.6. The fourth-order valence-electron chi connectivity index (χ4n) is 1.79. The van der Waals surface area contributed by atoms with E-state index in [-0.39, 0.29) is 5.97 Å². The number of carbonyl (C=O) groups excluding carboxylic acids is 1. The van der Waals surface area contributed by atoms with Crippen LogP contribution in [0.3, 0.4) is 0 Å². The van der Waals surface area contributed by atoms with Gasteiger partial charge < -0.3 is 10.5 Å². The standard InChI is InChI=1S/C14H13ClINO2S/c1-3-19-14(18)13-11(17)7(2)12(20-13)8-4-5-10(16)9(15)6-8/h4-6H,3,17H2,1-2H3. The Kier molecular flexibility index (Phi) is 4.93. The van der Waals surface area contributed by atoms with Crippen LogP contribution in [0.4, 0.5) is 5.69 Å². The second kappa shape index (κ2) is 6.32. The molecule has 1 aromatic heterocycles. The van der Waals surface area contributed by atoms with Crippen molar-refractivity contribution in [1.82, 2.24) is 0 Å². The number of hydrogen-bond acceptors (Lipinski definition) is 4. The van der Waals surface area contributed by atoms with Gasteiger partial charge in [0.1, 0.15) is 4.88 Å². The summed E-state index contributed by atoms with van der Waals surface area (Å²) >= 11 is 9.67. The number of rotatable bonds is 3. The number of hydrogen-bond donors (Lipinski definition) is 1. The van der Waals surface area contributed by atoms with Gasteiger partial charge in [-0.3, -0.25) is 0 Å². The van der Waals surface area contributed by atoms with E-state index in [0.29, 0.717) is 22.2 Å². The summed E-state index contributed by atoms with van der Waals surface area (Å²) in [5, 5.41) is 0.687. The largest absolute Gasteiger partial charge is 0.462 e. The Morgan fingerprint density at radius 1 is 1.50 bits per heavy atom. The summed E-state index contributed by atoms with van der Waals surface area (Å²) in [4.78, 5) is 13.3. The Morgan fingerprint density at radius 3 is 2.80 bits per heavy atom. The van der Waals surface area contributed by atoms with Crippen LogP contribution >= 0.6 is 45.5 Å². The fraction of sp³-hybridized carbons (Fsp3) is 0.214. The lowest BCUT2D eigenvalue weighted by Crippen LogP contribution is -2.05. The van der Waals surface area contributed by atoms with E-state index < -0.39 is 0 Å². The molecule has 3 nitrogen and oxygen atoms in total. The second-order valence-corrected chi connectivity index (χ2v) is 6.74. The van der Waals surface area contributed by atoms with E-state index in [4.69, 9.17) is 22.1 Å². The summed E-state index contributed by atoms with van der Waals surface area (Å²) in [6.45, 7) is 4.00. The maximum absolute atomic E-state index is 11.9. The van der Waals surface area contributed by atoms with Crippen molar-refractivity contribution in [2.75, 3.05) is 12.3 Å². The normalized spacial score (nSPS) is 10.6. The van der Waals surface area contributed by atoms with Crippen molar-refractivity contribution in [3.05, 3.63) is 37.2 Å². The molecule has 1 heterocycles. The molecule has 1 aromatic carbocycles.